The molecule has 1 aromatic rings. The number of nitrogens with one attached hydrogen (secondary N) is 1. The van der Waals surface area contributed by atoms with Crippen LogP contribution in [-0.4, -0.2) is 29.4 Å². The summed E-state index contributed by atoms with van der Waals surface area (Å²) in [7, 11) is 2.07. The van der Waals surface area contributed by atoms with Crippen molar-refractivity contribution in [1.82, 2.24) is 15.3 Å². The van der Waals surface area contributed by atoms with Crippen LogP contribution in [0, 0.1) is 0 Å². The number of hydrazine groups is 1. The van der Waals surface area contributed by atoms with E-state index in [0.29, 0.717) is 6.42 Å². The third-order valence-electron chi connectivity index (χ3n) is 2.53. The van der Waals surface area contributed by atoms with Crippen molar-refractivity contribution in [3.8, 4) is 0 Å². The fourth-order valence-electron chi connectivity index (χ4n) is 1.62. The standard InChI is InChI=1S/C12H20N4O/c1-16(8-3-2-6-12(17)15-13)10-11-5-4-7-14-9-11/h4-5,7,9H,2-3,6,8,10,13H2,1H3,(H,15,17). The molecule has 0 aliphatic carbocycles. The van der Waals surface area contributed by atoms with Crippen LogP contribution < -0.4 is 11.3 Å². The molecule has 1 rings (SSSR count). The van der Waals surface area contributed by atoms with Crippen LogP contribution in [0.2, 0.25) is 0 Å². The van der Waals surface area contributed by atoms with Crippen molar-refractivity contribution in [1.29, 1.82) is 0 Å². The van der Waals surface area contributed by atoms with E-state index >= 15 is 0 Å². The first kappa shape index (κ1) is 13.6. The second kappa shape index (κ2) is 7.76. The van der Waals surface area contributed by atoms with Gasteiger partial charge in [0.2, 0.25) is 5.91 Å². The van der Waals surface area contributed by atoms with Gasteiger partial charge in [0.25, 0.3) is 0 Å². The molecule has 3 N–H and O–H groups in total. The summed E-state index contributed by atoms with van der Waals surface area (Å²) in [6.45, 7) is 1.85. The van der Waals surface area contributed by atoms with Gasteiger partial charge in [0.1, 0.15) is 0 Å². The third kappa shape index (κ3) is 5.99. The molecule has 94 valence electrons. The Morgan fingerprint density at radius 1 is 1.53 bits per heavy atom. The molecule has 1 heterocycles. The minimum atomic E-state index is -0.0973. The summed E-state index contributed by atoms with van der Waals surface area (Å²) in [6.07, 6.45) is 6.00. The van der Waals surface area contributed by atoms with Gasteiger partial charge in [-0.2, -0.15) is 0 Å². The molecule has 0 unspecified atom stereocenters. The highest BCUT2D eigenvalue weighted by Gasteiger charge is 2.02. The third-order valence-corrected chi connectivity index (χ3v) is 2.53. The maximum absolute atomic E-state index is 10.9. The minimum absolute atomic E-state index is 0.0973. The maximum Gasteiger partial charge on any atom is 0.233 e. The number of rotatable bonds is 7. The van der Waals surface area contributed by atoms with Crippen LogP contribution in [0.15, 0.2) is 24.5 Å². The quantitative estimate of drug-likeness (QED) is 0.316. The van der Waals surface area contributed by atoms with Crippen molar-refractivity contribution in [2.24, 2.45) is 5.84 Å². The van der Waals surface area contributed by atoms with Crippen molar-refractivity contribution in [3.05, 3.63) is 30.1 Å². The topological polar surface area (TPSA) is 71.2 Å². The number of hydrogen-bond donors (Lipinski definition) is 2. The van der Waals surface area contributed by atoms with E-state index in [0.717, 1.165) is 25.9 Å². The van der Waals surface area contributed by atoms with Crippen LogP contribution >= 0.6 is 0 Å². The number of carbonyl (C=O) groups excluding carboxylic acids is 1. The predicted molar refractivity (Wildman–Crippen MR) is 66.8 cm³/mol. The summed E-state index contributed by atoms with van der Waals surface area (Å²) in [4.78, 5) is 17.2. The summed E-state index contributed by atoms with van der Waals surface area (Å²) in [6, 6.07) is 4.00. The van der Waals surface area contributed by atoms with Crippen molar-refractivity contribution >= 4 is 5.91 Å². The van der Waals surface area contributed by atoms with Crippen LogP contribution in [-0.2, 0) is 11.3 Å². The van der Waals surface area contributed by atoms with E-state index < -0.39 is 0 Å². The lowest BCUT2D eigenvalue weighted by molar-refractivity contribution is -0.121. The van der Waals surface area contributed by atoms with E-state index in [1.807, 2.05) is 12.3 Å². The highest BCUT2D eigenvalue weighted by Crippen LogP contribution is 2.03. The van der Waals surface area contributed by atoms with Crippen LogP contribution in [0.1, 0.15) is 24.8 Å². The minimum Gasteiger partial charge on any atom is -0.302 e. The summed E-state index contributed by atoms with van der Waals surface area (Å²) >= 11 is 0. The first-order valence-corrected chi connectivity index (χ1v) is 5.79. The highest BCUT2D eigenvalue weighted by molar-refractivity contribution is 5.75. The van der Waals surface area contributed by atoms with Gasteiger partial charge in [-0.1, -0.05) is 6.07 Å². The first-order valence-electron chi connectivity index (χ1n) is 5.79. The molecule has 1 amide bonds. The highest BCUT2D eigenvalue weighted by atomic mass is 16.2. The Kier molecular flexibility index (Phi) is 6.21. The molecule has 17 heavy (non-hydrogen) atoms. The van der Waals surface area contributed by atoms with E-state index in [9.17, 15) is 4.79 Å². The Hall–Kier alpha value is -1.46. The molecule has 0 bridgehead atoms. The summed E-state index contributed by atoms with van der Waals surface area (Å²) in [5.41, 5.74) is 3.34. The Balaban J connectivity index is 2.13. The van der Waals surface area contributed by atoms with Crippen LogP contribution in [0.25, 0.3) is 0 Å². The molecule has 0 spiro atoms. The van der Waals surface area contributed by atoms with Gasteiger partial charge in [-0.15, -0.1) is 0 Å². The van der Waals surface area contributed by atoms with Gasteiger partial charge in [-0.25, -0.2) is 5.84 Å². The maximum atomic E-state index is 10.9. The number of aromatic nitrogens is 1. The normalized spacial score (nSPS) is 10.5. The van der Waals surface area contributed by atoms with Gasteiger partial charge in [-0.3, -0.25) is 15.2 Å². The summed E-state index contributed by atoms with van der Waals surface area (Å²) in [5, 5.41) is 0. The van der Waals surface area contributed by atoms with Crippen LogP contribution in [0.5, 0.6) is 0 Å². The van der Waals surface area contributed by atoms with Gasteiger partial charge in [-0.05, 0) is 38.1 Å². The lowest BCUT2D eigenvalue weighted by atomic mass is 10.2. The lowest BCUT2D eigenvalue weighted by Crippen LogP contribution is -2.29. The molecule has 0 radical (unpaired) electrons. The monoisotopic (exact) mass is 236 g/mol. The van der Waals surface area contributed by atoms with E-state index in [-0.39, 0.29) is 5.91 Å². The molecule has 0 fully saturated rings. The van der Waals surface area contributed by atoms with Crippen molar-refractivity contribution in [2.45, 2.75) is 25.8 Å². The molecule has 0 saturated heterocycles. The van der Waals surface area contributed by atoms with Crippen LogP contribution in [0.4, 0.5) is 0 Å². The number of hydrogen-bond acceptors (Lipinski definition) is 4. The number of nitrogens with zero attached hydrogens (tertiary/aromatic N) is 2. The molecule has 0 aliphatic heterocycles. The van der Waals surface area contributed by atoms with Crippen LogP contribution in [0.3, 0.4) is 0 Å². The van der Waals surface area contributed by atoms with Gasteiger partial charge in [0.15, 0.2) is 0 Å². The lowest BCUT2D eigenvalue weighted by Gasteiger charge is -2.16. The zero-order valence-corrected chi connectivity index (χ0v) is 10.2. The summed E-state index contributed by atoms with van der Waals surface area (Å²) in [5.74, 6) is 4.90. The van der Waals surface area contributed by atoms with Crippen molar-refractivity contribution in [3.63, 3.8) is 0 Å². The smallest absolute Gasteiger partial charge is 0.233 e. The van der Waals surface area contributed by atoms with E-state index in [4.69, 9.17) is 5.84 Å². The SMILES string of the molecule is CN(CCCCC(=O)NN)Cc1cccnc1. The molecular weight excluding hydrogens is 216 g/mol. The number of unbranched alkanes of at least 4 members (excludes halogenated alkanes) is 1. The van der Waals surface area contributed by atoms with E-state index in [1.165, 1.54) is 5.56 Å². The van der Waals surface area contributed by atoms with Gasteiger partial charge in [0.05, 0.1) is 0 Å². The van der Waals surface area contributed by atoms with E-state index in [1.54, 1.807) is 6.20 Å². The van der Waals surface area contributed by atoms with Crippen molar-refractivity contribution < 1.29 is 4.79 Å². The molecule has 5 heteroatoms. The molecule has 1 aromatic heterocycles. The zero-order valence-electron chi connectivity index (χ0n) is 10.2. The average Bonchev–Trinajstić information content (AvgIpc) is 2.35. The Bertz CT molecular complexity index is 329. The second-order valence-electron chi connectivity index (χ2n) is 4.12. The number of carbonyl (C=O) groups is 1. The summed E-state index contributed by atoms with van der Waals surface area (Å²) < 4.78 is 0. The fraction of sp³-hybridized carbons (Fsp3) is 0.500. The molecule has 0 saturated carbocycles. The van der Waals surface area contributed by atoms with Gasteiger partial charge in [0, 0.05) is 25.4 Å². The molecule has 0 aliphatic rings. The fourth-order valence-corrected chi connectivity index (χ4v) is 1.62. The van der Waals surface area contributed by atoms with E-state index in [2.05, 4.69) is 28.4 Å². The second-order valence-corrected chi connectivity index (χ2v) is 4.12. The Morgan fingerprint density at radius 3 is 3.00 bits per heavy atom. The number of nitrogens with two attached hydrogens (primary N) is 1. The molecular formula is C12H20N4O. The predicted octanol–water partition coefficient (Wildman–Crippen LogP) is 0.674. The van der Waals surface area contributed by atoms with Gasteiger partial charge >= 0.3 is 0 Å². The van der Waals surface area contributed by atoms with Gasteiger partial charge < -0.3 is 4.90 Å². The first-order chi connectivity index (χ1) is 8.22. The molecule has 0 aromatic carbocycles. The number of amides is 1. The average molecular weight is 236 g/mol. The Morgan fingerprint density at radius 2 is 2.35 bits per heavy atom. The Labute approximate surface area is 102 Å². The zero-order chi connectivity index (χ0) is 12.5. The molecule has 5 nitrogen and oxygen atoms in total. The molecule has 0 atom stereocenters. The largest absolute Gasteiger partial charge is 0.302 e. The number of pyridine rings is 1. The van der Waals surface area contributed by atoms with Crippen molar-refractivity contribution in [2.75, 3.05) is 13.6 Å².